The Bertz CT molecular complexity index is 3450. The van der Waals surface area contributed by atoms with Gasteiger partial charge in [-0.25, -0.2) is 0 Å². The molecule has 0 atom stereocenters. The Labute approximate surface area is 455 Å². The van der Waals surface area contributed by atoms with E-state index < -0.39 is 10.8 Å². The van der Waals surface area contributed by atoms with Gasteiger partial charge in [-0.15, -0.1) is 0 Å². The standard InChI is InChI=1S/C74H61BN2/c1-52-36-46-67-65(48-52)75-66-49-53(2)37-47-68(66)77(64-44-40-61(41-45-64)74(57-30-18-9-19-31-57,58-32-20-10-21-33-58)59-34-22-11-23-35-59)70-51-62(72(3,4)5)50-69(71(70)75)76(67)63-42-38-60(39-43-63)73(54-24-12-6-13-25-54,55-26-14-7-15-27-55)56-28-16-8-17-29-56/h6-51H,1-5H3. The van der Waals surface area contributed by atoms with E-state index >= 15 is 0 Å². The van der Waals surface area contributed by atoms with Crippen molar-refractivity contribution in [2.75, 3.05) is 9.80 Å². The molecular weight excluding hydrogens is 928 g/mol. The highest BCUT2D eigenvalue weighted by Gasteiger charge is 2.45. The lowest BCUT2D eigenvalue weighted by molar-refractivity contribution is 0.590. The molecular formula is C74H61BN2. The molecule has 2 aliphatic heterocycles. The molecule has 0 aliphatic carbocycles. The number of rotatable bonds is 10. The van der Waals surface area contributed by atoms with E-state index in [2.05, 4.69) is 323 Å². The van der Waals surface area contributed by atoms with E-state index in [-0.39, 0.29) is 12.1 Å². The van der Waals surface area contributed by atoms with Gasteiger partial charge in [0.15, 0.2) is 0 Å². The highest BCUT2D eigenvalue weighted by atomic mass is 15.2. The largest absolute Gasteiger partial charge is 0.311 e. The van der Waals surface area contributed by atoms with Gasteiger partial charge in [-0.1, -0.05) is 262 Å². The third kappa shape index (κ3) is 7.78. The van der Waals surface area contributed by atoms with Crippen molar-refractivity contribution < 1.29 is 0 Å². The van der Waals surface area contributed by atoms with E-state index in [1.54, 1.807) is 0 Å². The molecule has 2 aliphatic rings. The molecule has 0 amide bonds. The number of aryl methyl sites for hydroxylation is 2. The van der Waals surface area contributed by atoms with Crippen LogP contribution in [0.3, 0.4) is 0 Å². The zero-order valence-electron chi connectivity index (χ0n) is 44.5. The third-order valence-electron chi connectivity index (χ3n) is 16.6. The maximum Gasteiger partial charge on any atom is 0.252 e. The van der Waals surface area contributed by atoms with Crippen LogP contribution in [0, 0.1) is 13.8 Å². The lowest BCUT2D eigenvalue weighted by atomic mass is 9.33. The number of benzene rings is 11. The Hall–Kier alpha value is -8.92. The molecule has 0 aromatic heterocycles. The van der Waals surface area contributed by atoms with Gasteiger partial charge < -0.3 is 9.80 Å². The number of hydrogen-bond acceptors (Lipinski definition) is 2. The zero-order chi connectivity index (χ0) is 52.3. The van der Waals surface area contributed by atoms with Gasteiger partial charge >= 0.3 is 0 Å². The summed E-state index contributed by atoms with van der Waals surface area (Å²) in [6.07, 6.45) is 0. The molecule has 13 rings (SSSR count). The van der Waals surface area contributed by atoms with Crippen molar-refractivity contribution in [3.63, 3.8) is 0 Å². The van der Waals surface area contributed by atoms with Crippen LogP contribution >= 0.6 is 0 Å². The topological polar surface area (TPSA) is 6.48 Å². The minimum Gasteiger partial charge on any atom is -0.311 e. The van der Waals surface area contributed by atoms with Gasteiger partial charge in [-0.3, -0.25) is 0 Å². The van der Waals surface area contributed by atoms with Crippen LogP contribution in [0.15, 0.2) is 279 Å². The molecule has 0 bridgehead atoms. The summed E-state index contributed by atoms with van der Waals surface area (Å²) in [6.45, 7) is 11.5. The molecule has 0 spiro atoms. The second-order valence-corrected chi connectivity index (χ2v) is 22.2. The van der Waals surface area contributed by atoms with Crippen LogP contribution in [0.1, 0.15) is 82.0 Å². The molecule has 370 valence electrons. The number of anilines is 6. The molecule has 2 heterocycles. The van der Waals surface area contributed by atoms with Gasteiger partial charge in [0.1, 0.15) is 0 Å². The van der Waals surface area contributed by atoms with Crippen LogP contribution in [0.4, 0.5) is 34.1 Å². The first-order valence-corrected chi connectivity index (χ1v) is 27.2. The highest BCUT2D eigenvalue weighted by molar-refractivity contribution is 7.00. The summed E-state index contributed by atoms with van der Waals surface area (Å²) in [5.74, 6) is 0. The predicted molar refractivity (Wildman–Crippen MR) is 325 cm³/mol. The fourth-order valence-corrected chi connectivity index (χ4v) is 13.1. The Morgan fingerprint density at radius 3 is 0.818 bits per heavy atom. The van der Waals surface area contributed by atoms with Crippen molar-refractivity contribution >= 4 is 57.2 Å². The average molecular weight is 989 g/mol. The normalized spacial score (nSPS) is 12.9. The maximum absolute atomic E-state index is 2.56. The molecule has 77 heavy (non-hydrogen) atoms. The van der Waals surface area contributed by atoms with Crippen LogP contribution < -0.4 is 26.2 Å². The summed E-state index contributed by atoms with van der Waals surface area (Å²) in [7, 11) is 0. The molecule has 0 N–H and O–H groups in total. The highest BCUT2D eigenvalue weighted by Crippen LogP contribution is 2.51. The summed E-state index contributed by atoms with van der Waals surface area (Å²) >= 11 is 0. The molecule has 0 fully saturated rings. The second kappa shape index (κ2) is 19.0. The zero-order valence-corrected chi connectivity index (χ0v) is 44.5. The number of hydrogen-bond donors (Lipinski definition) is 0. The third-order valence-corrected chi connectivity index (χ3v) is 16.6. The van der Waals surface area contributed by atoms with Crippen LogP contribution in [0.5, 0.6) is 0 Å². The monoisotopic (exact) mass is 988 g/mol. The Kier molecular flexibility index (Phi) is 11.8. The Morgan fingerprint density at radius 2 is 0.545 bits per heavy atom. The maximum atomic E-state index is 2.56. The summed E-state index contributed by atoms with van der Waals surface area (Å²) in [5.41, 5.74) is 23.4. The Balaban J connectivity index is 1.03. The molecule has 0 unspecified atom stereocenters. The van der Waals surface area contributed by atoms with Crippen molar-refractivity contribution in [2.45, 2.75) is 50.9 Å². The Morgan fingerprint density at radius 1 is 0.273 bits per heavy atom. The first kappa shape index (κ1) is 47.8. The van der Waals surface area contributed by atoms with Crippen LogP contribution in [-0.4, -0.2) is 6.71 Å². The molecule has 11 aromatic rings. The van der Waals surface area contributed by atoms with E-state index in [1.807, 2.05) is 0 Å². The van der Waals surface area contributed by atoms with Gasteiger partial charge in [0.25, 0.3) is 6.71 Å². The molecule has 2 nitrogen and oxygen atoms in total. The fraction of sp³-hybridized carbons (Fsp3) is 0.108. The summed E-state index contributed by atoms with van der Waals surface area (Å²) in [6, 6.07) is 104. The second-order valence-electron chi connectivity index (χ2n) is 22.2. The van der Waals surface area contributed by atoms with Crippen molar-refractivity contribution in [3.8, 4) is 0 Å². The van der Waals surface area contributed by atoms with E-state index in [9.17, 15) is 0 Å². The summed E-state index contributed by atoms with van der Waals surface area (Å²) in [4.78, 5) is 5.13. The molecule has 0 radical (unpaired) electrons. The smallest absolute Gasteiger partial charge is 0.252 e. The average Bonchev–Trinajstić information content (AvgIpc) is 3.67. The molecule has 11 aromatic carbocycles. The van der Waals surface area contributed by atoms with Crippen molar-refractivity contribution in [1.29, 1.82) is 0 Å². The van der Waals surface area contributed by atoms with Crippen LogP contribution in [0.2, 0.25) is 0 Å². The van der Waals surface area contributed by atoms with E-state index in [1.165, 1.54) is 100 Å². The quantitative estimate of drug-likeness (QED) is 0.0995. The van der Waals surface area contributed by atoms with Crippen LogP contribution in [0.25, 0.3) is 0 Å². The lowest BCUT2D eigenvalue weighted by Gasteiger charge is -2.45. The van der Waals surface area contributed by atoms with E-state index in [4.69, 9.17) is 0 Å². The van der Waals surface area contributed by atoms with Gasteiger partial charge in [-0.05, 0) is 134 Å². The first-order valence-electron chi connectivity index (χ1n) is 27.2. The lowest BCUT2D eigenvalue weighted by Crippen LogP contribution is -2.61. The molecule has 3 heteroatoms. The summed E-state index contributed by atoms with van der Waals surface area (Å²) in [5, 5.41) is 0. The van der Waals surface area contributed by atoms with Gasteiger partial charge in [0, 0.05) is 34.1 Å². The summed E-state index contributed by atoms with van der Waals surface area (Å²) < 4.78 is 0. The number of nitrogens with zero attached hydrogens (tertiary/aromatic N) is 2. The predicted octanol–water partition coefficient (Wildman–Crippen LogP) is 16.4. The van der Waals surface area contributed by atoms with Gasteiger partial charge in [0.05, 0.1) is 10.8 Å². The number of fused-ring (bicyclic) bond motifs is 4. The minimum absolute atomic E-state index is 0.00801. The van der Waals surface area contributed by atoms with Crippen molar-refractivity contribution in [3.05, 3.63) is 340 Å². The van der Waals surface area contributed by atoms with Crippen molar-refractivity contribution in [1.82, 2.24) is 0 Å². The minimum atomic E-state index is -0.559. The van der Waals surface area contributed by atoms with Crippen LogP contribution in [-0.2, 0) is 16.2 Å². The van der Waals surface area contributed by atoms with E-state index in [0.717, 1.165) is 11.4 Å². The van der Waals surface area contributed by atoms with Gasteiger partial charge in [-0.2, -0.15) is 0 Å². The SMILES string of the molecule is Cc1ccc2c(c1)B1c3cc(C)ccc3N(c3ccc(C(c4ccccc4)(c4ccccc4)c4ccccc4)cc3)c3cc(C(C)(C)C)cc(c31)N2c1ccc(C(c2ccccc2)(c2ccccc2)c2ccccc2)cc1. The van der Waals surface area contributed by atoms with Gasteiger partial charge in [0.2, 0.25) is 0 Å². The van der Waals surface area contributed by atoms with Crippen molar-refractivity contribution in [2.24, 2.45) is 0 Å². The molecule has 0 saturated carbocycles. The first-order chi connectivity index (χ1) is 37.7. The van der Waals surface area contributed by atoms with E-state index in [0.29, 0.717) is 0 Å². The fourth-order valence-electron chi connectivity index (χ4n) is 13.1. The molecule has 0 saturated heterocycles.